The molecule has 2 aliphatic heterocycles. The number of carbonyl (C=O) groups is 1. The highest BCUT2D eigenvalue weighted by atomic mass is 28.4. The largest absolute Gasteiger partial charge is 0.616 e. The molecule has 2 aliphatic rings. The highest BCUT2D eigenvalue weighted by Crippen LogP contribution is 2.46. The molecule has 0 radical (unpaired) electrons. The van der Waals surface area contributed by atoms with Gasteiger partial charge in [-0.25, -0.2) is 4.79 Å². The van der Waals surface area contributed by atoms with Gasteiger partial charge in [-0.1, -0.05) is 59.7 Å². The number of benzene rings is 2. The first-order chi connectivity index (χ1) is 24.4. The molecule has 0 bridgehead atoms. The van der Waals surface area contributed by atoms with E-state index in [1.54, 1.807) is 25.3 Å². The molecule has 11 nitrogen and oxygen atoms in total. The van der Waals surface area contributed by atoms with E-state index in [4.69, 9.17) is 23.4 Å². The fourth-order valence-corrected chi connectivity index (χ4v) is 13.7. The first-order valence-electron chi connectivity index (χ1n) is 18.2. The molecule has 1 aromatic heterocycles. The van der Waals surface area contributed by atoms with Crippen LogP contribution in [0.1, 0.15) is 65.0 Å². The van der Waals surface area contributed by atoms with Gasteiger partial charge in [0.1, 0.15) is 18.1 Å². The maximum atomic E-state index is 12.6. The van der Waals surface area contributed by atoms with Crippen LogP contribution in [0.25, 0.3) is 0 Å². The standard InChI is InChI=1S/C39H55N3O8Si/c1-27(2)51(28(3)4,29(5)6)50-36-25-41(39(43)44)24-35(38(36)31-13-15-32(16-14-31)49-37-11-8-9-19-42(37)45)48-26-30-12-17-34-33(23-30)40(20-22-47-34)18-10-21-46-7/h8-9,11-17,19,23,27-29,35-36,38H,10,18,20-22,24-26H2,1-7H3,(H,43,44). The Labute approximate surface area is 303 Å². The lowest BCUT2D eigenvalue weighted by atomic mass is 9.84. The van der Waals surface area contributed by atoms with E-state index in [0.717, 1.165) is 42.1 Å². The Bertz CT molecular complexity index is 1570. The fraction of sp³-hybridized carbons (Fsp3) is 0.538. The van der Waals surface area contributed by atoms with Crippen molar-refractivity contribution in [2.45, 2.75) is 89.3 Å². The molecule has 3 aromatic rings. The molecule has 0 saturated carbocycles. The van der Waals surface area contributed by atoms with Gasteiger partial charge in [0.05, 0.1) is 43.7 Å². The first-order valence-corrected chi connectivity index (χ1v) is 20.3. The third-order valence-electron chi connectivity index (χ3n) is 10.4. The predicted octanol–water partition coefficient (Wildman–Crippen LogP) is 7.57. The van der Waals surface area contributed by atoms with Crippen molar-refractivity contribution in [3.8, 4) is 17.4 Å². The van der Waals surface area contributed by atoms with E-state index in [1.807, 2.05) is 36.4 Å². The van der Waals surface area contributed by atoms with Crippen molar-refractivity contribution in [2.75, 3.05) is 51.4 Å². The van der Waals surface area contributed by atoms with Crippen molar-refractivity contribution in [1.82, 2.24) is 4.90 Å². The second kappa shape index (κ2) is 17.1. The SMILES string of the molecule is COCCCN1CCOc2ccc(COC3CN(C(=O)O)CC(O[Si](C(C)C)(C(C)C)C(C)C)C3c3ccc(Oc4cccc[n+]4[O-])cc3)cc21. The number of pyridine rings is 1. The average molecular weight is 722 g/mol. The Morgan fingerprint density at radius 2 is 1.71 bits per heavy atom. The Morgan fingerprint density at radius 1 is 1.00 bits per heavy atom. The molecule has 1 N–H and O–H groups in total. The Hall–Kier alpha value is -3.84. The topological polar surface area (TPSA) is 117 Å². The second-order valence-corrected chi connectivity index (χ2v) is 20.0. The van der Waals surface area contributed by atoms with Gasteiger partial charge in [-0.2, -0.15) is 0 Å². The number of carboxylic acid groups (broad SMARTS) is 1. The maximum absolute atomic E-state index is 12.6. The summed E-state index contributed by atoms with van der Waals surface area (Å²) < 4.78 is 32.0. The maximum Gasteiger partial charge on any atom is 0.407 e. The molecular weight excluding hydrogens is 667 g/mol. The number of piperidine rings is 1. The number of ether oxygens (including phenoxy) is 4. The quantitative estimate of drug-likeness (QED) is 0.0734. The summed E-state index contributed by atoms with van der Waals surface area (Å²) in [6.45, 7) is 17.1. The number of rotatable bonds is 15. The van der Waals surface area contributed by atoms with Gasteiger partial charge in [0.25, 0.3) is 0 Å². The number of likely N-dealkylation sites (tertiary alicyclic amines) is 1. The zero-order valence-electron chi connectivity index (χ0n) is 31.1. The normalized spacial score (nSPS) is 19.4. The molecule has 0 aliphatic carbocycles. The first kappa shape index (κ1) is 38.4. The summed E-state index contributed by atoms with van der Waals surface area (Å²) in [5.74, 6) is 1.29. The van der Waals surface area contributed by atoms with Crippen LogP contribution in [-0.2, 0) is 20.5 Å². The monoisotopic (exact) mass is 721 g/mol. The van der Waals surface area contributed by atoms with Crippen molar-refractivity contribution in [3.05, 3.63) is 83.2 Å². The number of anilines is 1. The highest BCUT2D eigenvalue weighted by molar-refractivity contribution is 6.77. The molecule has 3 atom stereocenters. The van der Waals surface area contributed by atoms with Crippen molar-refractivity contribution in [3.63, 3.8) is 0 Å². The van der Waals surface area contributed by atoms with Gasteiger partial charge in [0, 0.05) is 38.8 Å². The fourth-order valence-electron chi connectivity index (χ4n) is 8.11. The minimum Gasteiger partial charge on any atom is -0.616 e. The van der Waals surface area contributed by atoms with E-state index >= 15 is 0 Å². The van der Waals surface area contributed by atoms with Crippen molar-refractivity contribution >= 4 is 20.1 Å². The van der Waals surface area contributed by atoms with E-state index < -0.39 is 26.6 Å². The third kappa shape index (κ3) is 8.80. The Balaban J connectivity index is 1.48. The molecule has 1 amide bonds. The van der Waals surface area contributed by atoms with Crippen molar-refractivity contribution in [1.29, 1.82) is 0 Å². The number of hydrogen-bond acceptors (Lipinski definition) is 8. The number of amides is 1. The van der Waals surface area contributed by atoms with Crippen LogP contribution in [0.3, 0.4) is 0 Å². The highest BCUT2D eigenvalue weighted by Gasteiger charge is 2.51. The summed E-state index contributed by atoms with van der Waals surface area (Å²) in [5.41, 5.74) is 3.90. The molecule has 12 heteroatoms. The minimum absolute atomic E-state index is 0.178. The smallest absolute Gasteiger partial charge is 0.407 e. The number of nitrogens with zero attached hydrogens (tertiary/aromatic N) is 3. The van der Waals surface area contributed by atoms with E-state index in [2.05, 4.69) is 52.5 Å². The molecule has 1 fully saturated rings. The lowest BCUT2D eigenvalue weighted by Crippen LogP contribution is -2.59. The summed E-state index contributed by atoms with van der Waals surface area (Å²) in [6.07, 6.45) is 0.389. The summed E-state index contributed by atoms with van der Waals surface area (Å²) >= 11 is 0. The van der Waals surface area contributed by atoms with Gasteiger partial charge in [0.2, 0.25) is 8.32 Å². The Kier molecular flexibility index (Phi) is 12.9. The van der Waals surface area contributed by atoms with Crippen LogP contribution in [0, 0.1) is 5.21 Å². The van der Waals surface area contributed by atoms with E-state index in [1.165, 1.54) is 11.1 Å². The third-order valence-corrected chi connectivity index (χ3v) is 16.6. The van der Waals surface area contributed by atoms with Gasteiger partial charge < -0.3 is 43.5 Å². The number of hydrogen-bond donors (Lipinski definition) is 1. The van der Waals surface area contributed by atoms with Crippen LogP contribution in [0.2, 0.25) is 16.6 Å². The van der Waals surface area contributed by atoms with Gasteiger partial charge in [-0.05, 0) is 64.5 Å². The molecule has 0 spiro atoms. The van der Waals surface area contributed by atoms with Gasteiger partial charge in [-0.3, -0.25) is 0 Å². The van der Waals surface area contributed by atoms with Crippen molar-refractivity contribution < 1.29 is 38.0 Å². The molecule has 2 aromatic carbocycles. The molecule has 3 heterocycles. The van der Waals surface area contributed by atoms with Gasteiger partial charge in [-0.15, -0.1) is 4.73 Å². The zero-order valence-corrected chi connectivity index (χ0v) is 32.1. The number of fused-ring (bicyclic) bond motifs is 1. The summed E-state index contributed by atoms with van der Waals surface area (Å²) in [4.78, 5) is 16.4. The summed E-state index contributed by atoms with van der Waals surface area (Å²) in [7, 11) is -0.726. The summed E-state index contributed by atoms with van der Waals surface area (Å²) in [6, 6.07) is 18.8. The predicted molar refractivity (Wildman–Crippen MR) is 199 cm³/mol. The number of aromatic nitrogens is 1. The average Bonchev–Trinajstić information content (AvgIpc) is 3.10. The molecule has 1 saturated heterocycles. The van der Waals surface area contributed by atoms with E-state index in [0.29, 0.717) is 46.9 Å². The molecule has 3 unspecified atom stereocenters. The molecule has 5 rings (SSSR count). The minimum atomic E-state index is -2.44. The lowest BCUT2D eigenvalue weighted by molar-refractivity contribution is -0.611. The Morgan fingerprint density at radius 3 is 2.35 bits per heavy atom. The molecule has 51 heavy (non-hydrogen) atoms. The zero-order chi connectivity index (χ0) is 36.7. The van der Waals surface area contributed by atoms with Crippen LogP contribution in [0.4, 0.5) is 10.5 Å². The lowest BCUT2D eigenvalue weighted by Gasteiger charge is -2.50. The van der Waals surface area contributed by atoms with Crippen LogP contribution in [0.5, 0.6) is 17.4 Å². The number of methoxy groups -OCH3 is 1. The summed E-state index contributed by atoms with van der Waals surface area (Å²) in [5, 5.41) is 22.6. The van der Waals surface area contributed by atoms with Crippen molar-refractivity contribution in [2.24, 2.45) is 0 Å². The second-order valence-electron chi connectivity index (χ2n) is 14.6. The van der Waals surface area contributed by atoms with Crippen LogP contribution in [0.15, 0.2) is 66.9 Å². The molecular formula is C39H55N3O8Si. The van der Waals surface area contributed by atoms with Gasteiger partial charge >= 0.3 is 12.0 Å². The van der Waals surface area contributed by atoms with Crippen LogP contribution in [-0.4, -0.2) is 83.1 Å². The van der Waals surface area contributed by atoms with Crippen LogP contribution >= 0.6 is 0 Å². The van der Waals surface area contributed by atoms with Crippen LogP contribution < -0.4 is 19.1 Å². The van der Waals surface area contributed by atoms with E-state index in [9.17, 15) is 15.1 Å². The van der Waals surface area contributed by atoms with E-state index in [-0.39, 0.29) is 24.9 Å². The van der Waals surface area contributed by atoms with Gasteiger partial charge in [0.15, 0.2) is 6.20 Å². The molecule has 278 valence electrons.